The van der Waals surface area contributed by atoms with Crippen molar-refractivity contribution in [1.82, 2.24) is 0 Å². The molecule has 0 aromatic heterocycles. The molecule has 0 heterocycles. The van der Waals surface area contributed by atoms with Crippen LogP contribution < -0.4 is 0 Å². The van der Waals surface area contributed by atoms with Gasteiger partial charge in [-0.2, -0.15) is 0 Å². The van der Waals surface area contributed by atoms with Crippen LogP contribution in [-0.2, 0) is 0 Å². The summed E-state index contributed by atoms with van der Waals surface area (Å²) in [4.78, 5) is 0. The third-order valence-corrected chi connectivity index (χ3v) is 9.63. The standard InChI is InChI=1S/C18H12.2C14H10.C6H6.4C5H12/c1-2-8-14-13(7-1)15-9-3-4-11-17(15)18-12-6-5-10-16(14)18;2*1-3-7-13-11(5-1)9-10-12-6-2-4-8-14(12)13;1-2-4-6-5-3-1;4*1-5(2,3)4/h1-12H;2*1-10H;1-6H;4*1-4H3. The maximum Gasteiger partial charge on any atom is -0.00990 e. The summed E-state index contributed by atoms with van der Waals surface area (Å²) in [5, 5.41) is 18.6. The number of hydrogen-bond acceptors (Lipinski definition) is 0. The van der Waals surface area contributed by atoms with Gasteiger partial charge in [0.15, 0.2) is 0 Å². The smallest absolute Gasteiger partial charge is 0.00990 e. The molecule has 0 saturated heterocycles. The van der Waals surface area contributed by atoms with Crippen LogP contribution in [-0.4, -0.2) is 0 Å². The normalized spacial score (nSPS) is 11.1. The average molecular weight is 951 g/mol. The lowest BCUT2D eigenvalue weighted by molar-refractivity contribution is 0.469. The summed E-state index contributed by atoms with van der Waals surface area (Å²) in [5.74, 6) is 0. The quantitative estimate of drug-likeness (QED) is 0.133. The molecule has 0 fully saturated rings. The van der Waals surface area contributed by atoms with Crippen molar-refractivity contribution in [2.24, 2.45) is 21.7 Å². The lowest BCUT2D eigenvalue weighted by atomic mass is 9.95. The Balaban J connectivity index is 0.000000191. The molecule has 0 amide bonds. The van der Waals surface area contributed by atoms with Gasteiger partial charge in [-0.3, -0.25) is 0 Å². The van der Waals surface area contributed by atoms with Crippen molar-refractivity contribution in [2.45, 2.75) is 111 Å². The van der Waals surface area contributed by atoms with Gasteiger partial charge in [0.1, 0.15) is 0 Å². The van der Waals surface area contributed by atoms with Crippen LogP contribution in [0, 0.1) is 21.7 Å². The van der Waals surface area contributed by atoms with E-state index in [9.17, 15) is 0 Å². The van der Waals surface area contributed by atoms with E-state index < -0.39 is 0 Å². The molecular formula is C72H86. The van der Waals surface area contributed by atoms with Crippen molar-refractivity contribution in [3.8, 4) is 0 Å². The van der Waals surface area contributed by atoms with Crippen molar-refractivity contribution in [2.75, 3.05) is 0 Å². The Bertz CT molecular complexity index is 2770. The highest BCUT2D eigenvalue weighted by Crippen LogP contribution is 2.34. The van der Waals surface area contributed by atoms with Crippen LogP contribution in [0.3, 0.4) is 0 Å². The van der Waals surface area contributed by atoms with E-state index in [-0.39, 0.29) is 0 Å². The Morgan fingerprint density at radius 3 is 0.389 bits per heavy atom. The number of hydrogen-bond donors (Lipinski definition) is 0. The average Bonchev–Trinajstić information content (AvgIpc) is 3.33. The van der Waals surface area contributed by atoms with Crippen molar-refractivity contribution in [1.29, 1.82) is 0 Å². The number of rotatable bonds is 0. The molecule has 0 saturated carbocycles. The summed E-state index contributed by atoms with van der Waals surface area (Å²) in [6.07, 6.45) is 0. The van der Waals surface area contributed by atoms with Crippen molar-refractivity contribution in [3.05, 3.63) is 231 Å². The van der Waals surface area contributed by atoms with E-state index in [1.54, 1.807) is 0 Å². The van der Waals surface area contributed by atoms with Crippen molar-refractivity contribution < 1.29 is 0 Å². The third-order valence-electron chi connectivity index (χ3n) is 9.63. The molecule has 0 N–H and O–H groups in total. The SMILES string of the molecule is CC(C)(C)C.CC(C)(C)C.CC(C)(C)C.CC(C)(C)C.c1ccc2c(c1)c1ccccc1c1ccccc21.c1ccc2c(c1)ccc1ccccc12.c1ccc2c(c1)ccc1ccccc12.c1ccccc1. The largest absolute Gasteiger partial charge is 0.0623 e. The molecule has 374 valence electrons. The van der Waals surface area contributed by atoms with Gasteiger partial charge in [-0.15, -0.1) is 0 Å². The first-order valence-corrected chi connectivity index (χ1v) is 25.9. The minimum absolute atomic E-state index is 0.500. The highest BCUT2D eigenvalue weighted by atomic mass is 14.1. The molecule has 0 spiro atoms. The Hall–Kier alpha value is -6.76. The zero-order valence-corrected chi connectivity index (χ0v) is 46.9. The second-order valence-electron chi connectivity index (χ2n) is 24.8. The van der Waals surface area contributed by atoms with Gasteiger partial charge in [0.05, 0.1) is 0 Å². The minimum Gasteiger partial charge on any atom is -0.0623 e. The minimum atomic E-state index is 0.500. The molecule has 0 bridgehead atoms. The number of fused-ring (bicyclic) bond motifs is 12. The summed E-state index contributed by atoms with van der Waals surface area (Å²) in [7, 11) is 0. The van der Waals surface area contributed by atoms with E-state index >= 15 is 0 Å². The highest BCUT2D eigenvalue weighted by molar-refractivity contribution is 6.25. The van der Waals surface area contributed by atoms with E-state index in [1.165, 1.54) is 75.4 Å². The second-order valence-corrected chi connectivity index (χ2v) is 24.8. The molecule has 11 rings (SSSR count). The van der Waals surface area contributed by atoms with Gasteiger partial charge in [0.25, 0.3) is 0 Å². The molecule has 0 aliphatic heterocycles. The van der Waals surface area contributed by atoms with Crippen LogP contribution in [0.25, 0.3) is 75.4 Å². The topological polar surface area (TPSA) is 0 Å². The van der Waals surface area contributed by atoms with Crippen LogP contribution in [0.4, 0.5) is 0 Å². The van der Waals surface area contributed by atoms with E-state index in [2.05, 4.69) is 305 Å². The lowest BCUT2D eigenvalue weighted by Crippen LogP contribution is -1.93. The van der Waals surface area contributed by atoms with Gasteiger partial charge in [0, 0.05) is 0 Å². The third kappa shape index (κ3) is 21.7. The molecule has 0 aliphatic rings. The van der Waals surface area contributed by atoms with Crippen LogP contribution in [0.1, 0.15) is 111 Å². The Morgan fingerprint density at radius 1 is 0.139 bits per heavy atom. The first kappa shape index (κ1) is 57.8. The van der Waals surface area contributed by atoms with Gasteiger partial charge >= 0.3 is 0 Å². The molecule has 0 atom stereocenters. The van der Waals surface area contributed by atoms with Crippen LogP contribution in [0.5, 0.6) is 0 Å². The Labute approximate surface area is 436 Å². The molecule has 11 aromatic rings. The molecule has 72 heavy (non-hydrogen) atoms. The maximum absolute atomic E-state index is 2.21. The summed E-state index contributed by atoms with van der Waals surface area (Å²) in [6, 6.07) is 80.7. The van der Waals surface area contributed by atoms with Crippen molar-refractivity contribution in [3.63, 3.8) is 0 Å². The van der Waals surface area contributed by atoms with Crippen LogP contribution in [0.2, 0.25) is 0 Å². The summed E-state index contributed by atoms with van der Waals surface area (Å²) < 4.78 is 0. The zero-order chi connectivity index (χ0) is 53.0. The predicted molar refractivity (Wildman–Crippen MR) is 329 cm³/mol. The molecule has 0 radical (unpaired) electrons. The van der Waals surface area contributed by atoms with E-state index in [0.717, 1.165) is 0 Å². The molecule has 0 aliphatic carbocycles. The fourth-order valence-electron chi connectivity index (χ4n) is 7.15. The summed E-state index contributed by atoms with van der Waals surface area (Å²) in [6.45, 7) is 35.0. The molecule has 0 heteroatoms. The predicted octanol–water partition coefficient (Wildman–Crippen LogP) is 23.0. The van der Waals surface area contributed by atoms with Crippen LogP contribution in [0.15, 0.2) is 231 Å². The monoisotopic (exact) mass is 951 g/mol. The molecular weight excluding hydrogens is 865 g/mol. The van der Waals surface area contributed by atoms with Crippen LogP contribution >= 0.6 is 0 Å². The Kier molecular flexibility index (Phi) is 21.8. The van der Waals surface area contributed by atoms with Gasteiger partial charge in [-0.1, -0.05) is 341 Å². The molecule has 0 unspecified atom stereocenters. The van der Waals surface area contributed by atoms with E-state index in [4.69, 9.17) is 0 Å². The lowest BCUT2D eigenvalue weighted by Gasteiger charge is -2.09. The van der Waals surface area contributed by atoms with E-state index in [1.807, 2.05) is 36.4 Å². The fraction of sp³-hybridized carbons (Fsp3) is 0.278. The van der Waals surface area contributed by atoms with Gasteiger partial charge in [-0.25, -0.2) is 0 Å². The molecule has 11 aromatic carbocycles. The summed E-state index contributed by atoms with van der Waals surface area (Å²) >= 11 is 0. The second kappa shape index (κ2) is 27.2. The molecule has 0 nitrogen and oxygen atoms in total. The first-order chi connectivity index (χ1) is 33.8. The fourth-order valence-corrected chi connectivity index (χ4v) is 7.15. The summed E-state index contributed by atoms with van der Waals surface area (Å²) in [5.41, 5.74) is 2.00. The van der Waals surface area contributed by atoms with Gasteiger partial charge in [-0.05, 0) is 97.1 Å². The van der Waals surface area contributed by atoms with E-state index in [0.29, 0.717) is 21.7 Å². The number of benzene rings is 11. The van der Waals surface area contributed by atoms with Gasteiger partial charge < -0.3 is 0 Å². The Morgan fingerprint density at radius 2 is 0.250 bits per heavy atom. The maximum atomic E-state index is 2.21. The first-order valence-electron chi connectivity index (χ1n) is 25.9. The van der Waals surface area contributed by atoms with Gasteiger partial charge in [0.2, 0.25) is 0 Å². The highest BCUT2D eigenvalue weighted by Gasteiger charge is 2.07. The zero-order valence-electron chi connectivity index (χ0n) is 46.9. The van der Waals surface area contributed by atoms with Crippen molar-refractivity contribution >= 4 is 75.4 Å².